The third kappa shape index (κ3) is 5.43. The van der Waals surface area contributed by atoms with Crippen LogP contribution in [-0.4, -0.2) is 60.7 Å². The van der Waals surface area contributed by atoms with Crippen molar-refractivity contribution in [2.45, 2.75) is 37.5 Å². The van der Waals surface area contributed by atoms with E-state index in [0.29, 0.717) is 34.7 Å². The molecule has 1 N–H and O–H groups in total. The summed E-state index contributed by atoms with van der Waals surface area (Å²) in [7, 11) is -3.98. The maximum atomic E-state index is 13.2. The molecule has 0 radical (unpaired) electrons. The van der Waals surface area contributed by atoms with E-state index < -0.39 is 21.5 Å². The van der Waals surface area contributed by atoms with Gasteiger partial charge in [0.25, 0.3) is 0 Å². The molecule has 1 aliphatic rings. The predicted octanol–water partition coefficient (Wildman–Crippen LogP) is 3.34. The van der Waals surface area contributed by atoms with Crippen molar-refractivity contribution in [2.75, 3.05) is 24.2 Å². The average molecular weight is 504 g/mol. The van der Waals surface area contributed by atoms with E-state index in [0.717, 1.165) is 0 Å². The zero-order valence-corrected chi connectivity index (χ0v) is 20.5. The van der Waals surface area contributed by atoms with Gasteiger partial charge in [-0.1, -0.05) is 29.8 Å². The molecule has 3 aromatic rings. The number of aromatic nitrogens is 1. The van der Waals surface area contributed by atoms with Gasteiger partial charge in [-0.25, -0.2) is 8.42 Å². The Morgan fingerprint density at radius 1 is 1.06 bits per heavy atom. The number of hydrogen-bond donors (Lipinski definition) is 1. The number of anilines is 1. The standard InChI is InChI=1S/C24H26ClN3O5S/c1-16-11-28(12-17(2)33-16)24(30)14-27-13-22(20-5-3-4-6-21(20)27)34(31,32)15-23(29)26-19-9-7-18(25)8-10-19/h3-10,13,16-17H,11-12,14-15H2,1-2H3,(H,26,29). The number of carbonyl (C=O) groups is 2. The molecule has 1 aromatic heterocycles. The van der Waals surface area contributed by atoms with Crippen LogP contribution in [0.1, 0.15) is 13.8 Å². The Bertz CT molecular complexity index is 1310. The lowest BCUT2D eigenvalue weighted by Gasteiger charge is -2.35. The van der Waals surface area contributed by atoms with Gasteiger partial charge >= 0.3 is 0 Å². The topological polar surface area (TPSA) is 97.7 Å². The Labute approximate surface area is 203 Å². The fourth-order valence-electron chi connectivity index (χ4n) is 4.20. The molecule has 1 fully saturated rings. The van der Waals surface area contributed by atoms with Gasteiger partial charge in [0.15, 0.2) is 9.84 Å². The molecule has 0 aliphatic carbocycles. The van der Waals surface area contributed by atoms with Crippen LogP contribution in [0.15, 0.2) is 59.6 Å². The van der Waals surface area contributed by atoms with Crippen molar-refractivity contribution in [3.63, 3.8) is 0 Å². The van der Waals surface area contributed by atoms with Crippen LogP contribution in [0.3, 0.4) is 0 Å². The summed E-state index contributed by atoms with van der Waals surface area (Å²) in [5.41, 5.74) is 1.06. The largest absolute Gasteiger partial charge is 0.372 e. The number of carbonyl (C=O) groups excluding carboxylic acids is 2. The van der Waals surface area contributed by atoms with Crippen LogP contribution in [0, 0.1) is 0 Å². The quantitative estimate of drug-likeness (QED) is 0.556. The monoisotopic (exact) mass is 503 g/mol. The zero-order chi connectivity index (χ0) is 24.5. The van der Waals surface area contributed by atoms with Gasteiger partial charge in [-0.3, -0.25) is 9.59 Å². The summed E-state index contributed by atoms with van der Waals surface area (Å²) < 4.78 is 33.7. The third-order valence-electron chi connectivity index (χ3n) is 5.61. The van der Waals surface area contributed by atoms with Crippen LogP contribution in [-0.2, 0) is 30.7 Å². The fraction of sp³-hybridized carbons (Fsp3) is 0.333. The molecular formula is C24H26ClN3O5S. The first-order chi connectivity index (χ1) is 16.1. The third-order valence-corrected chi connectivity index (χ3v) is 7.50. The number of morpholine rings is 1. The minimum absolute atomic E-state index is 0.00750. The number of nitrogens with one attached hydrogen (secondary N) is 1. The molecule has 10 heteroatoms. The molecule has 4 rings (SSSR count). The first kappa shape index (κ1) is 24.3. The highest BCUT2D eigenvalue weighted by Gasteiger charge is 2.28. The van der Waals surface area contributed by atoms with E-state index in [4.69, 9.17) is 16.3 Å². The highest BCUT2D eigenvalue weighted by Crippen LogP contribution is 2.27. The highest BCUT2D eigenvalue weighted by atomic mass is 35.5. The summed E-state index contributed by atoms with van der Waals surface area (Å²) in [4.78, 5) is 27.2. The zero-order valence-electron chi connectivity index (χ0n) is 18.9. The molecule has 1 aliphatic heterocycles. The molecule has 0 spiro atoms. The minimum atomic E-state index is -3.98. The molecule has 2 aromatic carbocycles. The van der Waals surface area contributed by atoms with Gasteiger partial charge in [-0.15, -0.1) is 0 Å². The molecular weight excluding hydrogens is 478 g/mol. The van der Waals surface area contributed by atoms with Crippen molar-refractivity contribution in [1.82, 2.24) is 9.47 Å². The number of rotatable bonds is 6. The van der Waals surface area contributed by atoms with Gasteiger partial charge in [-0.2, -0.15) is 0 Å². The normalized spacial score (nSPS) is 18.7. The number of halogens is 1. The number of sulfone groups is 1. The summed E-state index contributed by atoms with van der Waals surface area (Å²) in [5.74, 6) is -1.51. The maximum absolute atomic E-state index is 13.2. The molecule has 2 atom stereocenters. The lowest BCUT2D eigenvalue weighted by molar-refractivity contribution is -0.143. The SMILES string of the molecule is CC1CN(C(=O)Cn2cc(S(=O)(=O)CC(=O)Nc3ccc(Cl)cc3)c3ccccc32)CC(C)O1. The average Bonchev–Trinajstić information content (AvgIpc) is 3.14. The van der Waals surface area contributed by atoms with Crippen molar-refractivity contribution in [3.8, 4) is 0 Å². The Morgan fingerprint density at radius 2 is 1.71 bits per heavy atom. The van der Waals surface area contributed by atoms with Crippen molar-refractivity contribution in [1.29, 1.82) is 0 Å². The molecule has 2 heterocycles. The van der Waals surface area contributed by atoms with Crippen LogP contribution in [0.25, 0.3) is 10.9 Å². The molecule has 180 valence electrons. The molecule has 2 unspecified atom stereocenters. The Balaban J connectivity index is 1.56. The predicted molar refractivity (Wildman–Crippen MR) is 131 cm³/mol. The van der Waals surface area contributed by atoms with Gasteiger partial charge in [0.1, 0.15) is 12.3 Å². The van der Waals surface area contributed by atoms with Gasteiger partial charge in [0.05, 0.1) is 17.1 Å². The second-order valence-electron chi connectivity index (χ2n) is 8.51. The number of benzene rings is 2. The van der Waals surface area contributed by atoms with Gasteiger partial charge in [0, 0.05) is 40.9 Å². The van der Waals surface area contributed by atoms with Crippen molar-refractivity contribution in [2.24, 2.45) is 0 Å². The Morgan fingerprint density at radius 3 is 2.38 bits per heavy atom. The second-order valence-corrected chi connectivity index (χ2v) is 10.9. The number of para-hydroxylation sites is 1. The van der Waals surface area contributed by atoms with Gasteiger partial charge in [-0.05, 0) is 44.2 Å². The van der Waals surface area contributed by atoms with Gasteiger partial charge in [0.2, 0.25) is 11.8 Å². The van der Waals surface area contributed by atoms with Crippen LogP contribution in [0.5, 0.6) is 0 Å². The van der Waals surface area contributed by atoms with E-state index in [1.54, 1.807) is 58.0 Å². The fourth-order valence-corrected chi connectivity index (χ4v) is 5.69. The molecule has 8 nitrogen and oxygen atoms in total. The minimum Gasteiger partial charge on any atom is -0.372 e. The molecule has 34 heavy (non-hydrogen) atoms. The van der Waals surface area contributed by atoms with E-state index in [1.165, 1.54) is 6.20 Å². The van der Waals surface area contributed by atoms with Crippen LogP contribution in [0.2, 0.25) is 5.02 Å². The van der Waals surface area contributed by atoms with Gasteiger partial charge < -0.3 is 19.5 Å². The van der Waals surface area contributed by atoms with Crippen LogP contribution in [0.4, 0.5) is 5.69 Å². The number of nitrogens with zero attached hydrogens (tertiary/aromatic N) is 2. The van der Waals surface area contributed by atoms with E-state index >= 15 is 0 Å². The molecule has 0 saturated carbocycles. The Hall–Kier alpha value is -2.88. The summed E-state index contributed by atoms with van der Waals surface area (Å²) in [6.07, 6.45) is 1.31. The van der Waals surface area contributed by atoms with E-state index in [2.05, 4.69) is 5.32 Å². The second kappa shape index (κ2) is 9.77. The number of fused-ring (bicyclic) bond motifs is 1. The van der Waals surface area contributed by atoms with Crippen LogP contribution >= 0.6 is 11.6 Å². The first-order valence-electron chi connectivity index (χ1n) is 10.9. The summed E-state index contributed by atoms with van der Waals surface area (Å²) >= 11 is 5.85. The van der Waals surface area contributed by atoms with Crippen LogP contribution < -0.4 is 5.32 Å². The van der Waals surface area contributed by atoms with Crippen molar-refractivity contribution in [3.05, 3.63) is 59.8 Å². The van der Waals surface area contributed by atoms with Crippen molar-refractivity contribution < 1.29 is 22.7 Å². The highest BCUT2D eigenvalue weighted by molar-refractivity contribution is 7.92. The number of ether oxygens (including phenoxy) is 1. The van der Waals surface area contributed by atoms with E-state index in [9.17, 15) is 18.0 Å². The first-order valence-corrected chi connectivity index (χ1v) is 12.9. The Kier molecular flexibility index (Phi) is 6.97. The van der Waals surface area contributed by atoms with Crippen molar-refractivity contribution >= 4 is 49.8 Å². The maximum Gasteiger partial charge on any atom is 0.242 e. The van der Waals surface area contributed by atoms with E-state index in [-0.39, 0.29) is 29.6 Å². The molecule has 1 saturated heterocycles. The summed E-state index contributed by atoms with van der Waals surface area (Å²) in [5, 5.41) is 3.56. The molecule has 2 amide bonds. The lowest BCUT2D eigenvalue weighted by atomic mass is 10.2. The number of hydrogen-bond acceptors (Lipinski definition) is 5. The smallest absolute Gasteiger partial charge is 0.242 e. The van der Waals surface area contributed by atoms with E-state index in [1.807, 2.05) is 13.8 Å². The summed E-state index contributed by atoms with van der Waals surface area (Å²) in [6.45, 7) is 4.80. The molecule has 0 bridgehead atoms. The summed E-state index contributed by atoms with van der Waals surface area (Å²) in [6, 6.07) is 13.4. The lowest BCUT2D eigenvalue weighted by Crippen LogP contribution is -2.49. The number of amides is 2.